The molecule has 0 radical (unpaired) electrons. The third-order valence-corrected chi connectivity index (χ3v) is 8.39. The Morgan fingerprint density at radius 3 is 2.38 bits per heavy atom. The first-order valence-corrected chi connectivity index (χ1v) is 15.6. The Labute approximate surface area is 277 Å². The van der Waals surface area contributed by atoms with Crippen molar-refractivity contribution in [1.82, 2.24) is 9.80 Å². The van der Waals surface area contributed by atoms with Crippen LogP contribution < -0.4 is 14.5 Å². The van der Waals surface area contributed by atoms with Crippen LogP contribution in [0.2, 0.25) is 0 Å². The maximum absolute atomic E-state index is 13.7. The van der Waals surface area contributed by atoms with Gasteiger partial charge in [0.25, 0.3) is 5.91 Å². The molecule has 0 bridgehead atoms. The number of anilines is 2. The molecular formula is C33H39F4N5O4S. The van der Waals surface area contributed by atoms with Crippen molar-refractivity contribution in [2.24, 2.45) is 0 Å². The molecule has 1 atom stereocenters. The van der Waals surface area contributed by atoms with E-state index in [1.165, 1.54) is 17.0 Å². The fourth-order valence-corrected chi connectivity index (χ4v) is 6.24. The molecule has 0 spiro atoms. The molecule has 2 saturated heterocycles. The molecule has 0 unspecified atom stereocenters. The molecule has 0 N–H and O–H groups in total. The highest BCUT2D eigenvalue weighted by atomic mass is 32.1. The molecule has 2 amide bonds. The number of amides is 2. The summed E-state index contributed by atoms with van der Waals surface area (Å²) >= 11 is 5.63. The zero-order valence-corrected chi connectivity index (χ0v) is 28.1. The van der Waals surface area contributed by atoms with Gasteiger partial charge in [-0.25, -0.2) is 4.79 Å². The fourth-order valence-electron chi connectivity index (χ4n) is 5.72. The van der Waals surface area contributed by atoms with Crippen molar-refractivity contribution in [3.05, 3.63) is 53.1 Å². The third-order valence-electron chi connectivity index (χ3n) is 8.03. The zero-order chi connectivity index (χ0) is 34.9. The van der Waals surface area contributed by atoms with Crippen LogP contribution in [-0.4, -0.2) is 83.6 Å². The summed E-state index contributed by atoms with van der Waals surface area (Å²) in [5, 5.41) is 9.12. The lowest BCUT2D eigenvalue weighted by Crippen LogP contribution is -2.55. The standard InChI is InChI=1S/C33H39F4N5O4S/c1-21-20-39(13-14-40(21)30(44)46-31(2,3)4)15-16-45-27-10-9-25(17-22(27)11-12-34)42-29(47)41(28(43)32(42,5)6)24-8-7-23(19-38)26(18-24)33(35,36)37/h7-10,17-18,21H,11-16,20H2,1-6H3/t21-/m1/s1. The van der Waals surface area contributed by atoms with E-state index in [2.05, 4.69) is 4.90 Å². The van der Waals surface area contributed by atoms with Crippen LogP contribution in [0, 0.1) is 11.3 Å². The van der Waals surface area contributed by atoms with Crippen LogP contribution in [0.25, 0.3) is 0 Å². The number of carbonyl (C=O) groups is 2. The van der Waals surface area contributed by atoms with Gasteiger partial charge in [-0.2, -0.15) is 18.4 Å². The topological polar surface area (TPSA) is 89.4 Å². The summed E-state index contributed by atoms with van der Waals surface area (Å²) in [4.78, 5) is 32.6. The smallest absolute Gasteiger partial charge is 0.417 e. The molecule has 0 aliphatic carbocycles. The SMILES string of the molecule is C[C@@H]1CN(CCOc2ccc(N3C(=S)N(c4ccc(C#N)c(C(F)(F)F)c4)C(=O)C3(C)C)cc2CCF)CCN1C(=O)OC(C)(C)C. The number of nitriles is 1. The van der Waals surface area contributed by atoms with Crippen LogP contribution in [0.15, 0.2) is 36.4 Å². The maximum atomic E-state index is 13.7. The lowest BCUT2D eigenvalue weighted by Gasteiger charge is -2.40. The minimum Gasteiger partial charge on any atom is -0.492 e. The number of rotatable bonds is 8. The number of thiocarbonyl (C=S) groups is 1. The van der Waals surface area contributed by atoms with E-state index in [1.54, 1.807) is 36.9 Å². The number of hydrogen-bond acceptors (Lipinski definition) is 7. The average molecular weight is 678 g/mol. The van der Waals surface area contributed by atoms with E-state index in [9.17, 15) is 32.4 Å². The van der Waals surface area contributed by atoms with Crippen molar-refractivity contribution < 1.29 is 36.6 Å². The highest BCUT2D eigenvalue weighted by molar-refractivity contribution is 7.81. The van der Waals surface area contributed by atoms with Gasteiger partial charge in [-0.1, -0.05) is 0 Å². The predicted octanol–water partition coefficient (Wildman–Crippen LogP) is 6.33. The Kier molecular flexibility index (Phi) is 10.4. The number of hydrogen-bond donors (Lipinski definition) is 0. The Bertz CT molecular complexity index is 1570. The highest BCUT2D eigenvalue weighted by Crippen LogP contribution is 2.40. The van der Waals surface area contributed by atoms with Gasteiger partial charge in [0.05, 0.1) is 29.6 Å². The van der Waals surface area contributed by atoms with Gasteiger partial charge < -0.3 is 19.3 Å². The first kappa shape index (κ1) is 35.9. The largest absolute Gasteiger partial charge is 0.492 e. The molecule has 14 heteroatoms. The first-order valence-electron chi connectivity index (χ1n) is 15.2. The van der Waals surface area contributed by atoms with Crippen molar-refractivity contribution in [2.45, 2.75) is 71.3 Å². The van der Waals surface area contributed by atoms with E-state index in [0.29, 0.717) is 49.8 Å². The zero-order valence-electron chi connectivity index (χ0n) is 27.3. The van der Waals surface area contributed by atoms with Gasteiger partial charge in [-0.3, -0.25) is 19.0 Å². The lowest BCUT2D eigenvalue weighted by molar-refractivity contribution is -0.137. The van der Waals surface area contributed by atoms with Crippen LogP contribution in [0.1, 0.15) is 58.2 Å². The summed E-state index contributed by atoms with van der Waals surface area (Å²) < 4.78 is 66.3. The van der Waals surface area contributed by atoms with Gasteiger partial charge in [0.15, 0.2) is 5.11 Å². The van der Waals surface area contributed by atoms with E-state index >= 15 is 0 Å². The molecule has 2 aromatic rings. The number of carbonyl (C=O) groups excluding carboxylic acids is 2. The molecule has 4 rings (SSSR count). The van der Waals surface area contributed by atoms with E-state index in [0.717, 1.165) is 17.0 Å². The Hall–Kier alpha value is -3.96. The minimum absolute atomic E-state index is 0.0258. The van der Waals surface area contributed by atoms with Crippen molar-refractivity contribution in [3.8, 4) is 11.8 Å². The van der Waals surface area contributed by atoms with Crippen molar-refractivity contribution in [3.63, 3.8) is 0 Å². The molecule has 2 aromatic carbocycles. The minimum atomic E-state index is -4.82. The highest BCUT2D eigenvalue weighted by Gasteiger charge is 2.51. The second-order valence-electron chi connectivity index (χ2n) is 13.1. The van der Waals surface area contributed by atoms with E-state index in [1.807, 2.05) is 27.7 Å². The van der Waals surface area contributed by atoms with E-state index < -0.39 is 41.0 Å². The van der Waals surface area contributed by atoms with Crippen LogP contribution in [-0.2, 0) is 22.1 Å². The van der Waals surface area contributed by atoms with E-state index in [-0.39, 0.29) is 29.4 Å². The first-order chi connectivity index (χ1) is 21.9. The molecule has 2 aliphatic rings. The molecule has 2 heterocycles. The second-order valence-corrected chi connectivity index (χ2v) is 13.4. The van der Waals surface area contributed by atoms with Crippen molar-refractivity contribution >= 4 is 40.7 Å². The number of benzene rings is 2. The molecule has 254 valence electrons. The fraction of sp³-hybridized carbons (Fsp3) is 0.515. The van der Waals surface area contributed by atoms with Gasteiger partial charge in [-0.05, 0) is 95.7 Å². The second kappa shape index (κ2) is 13.6. The Morgan fingerprint density at radius 2 is 1.79 bits per heavy atom. The summed E-state index contributed by atoms with van der Waals surface area (Å²) in [5.74, 6) is -0.103. The summed E-state index contributed by atoms with van der Waals surface area (Å²) in [6.45, 7) is 12.6. The number of aryl methyl sites for hydroxylation is 1. The van der Waals surface area contributed by atoms with Gasteiger partial charge >= 0.3 is 12.3 Å². The summed E-state index contributed by atoms with van der Waals surface area (Å²) in [6.07, 6.45) is -5.13. The van der Waals surface area contributed by atoms with Crippen LogP contribution >= 0.6 is 12.2 Å². The number of piperazine rings is 1. The molecule has 0 saturated carbocycles. The summed E-state index contributed by atoms with van der Waals surface area (Å²) in [6, 6.07) is 9.48. The molecule has 0 aromatic heterocycles. The molecule has 2 fully saturated rings. The monoisotopic (exact) mass is 677 g/mol. The normalized spacial score (nSPS) is 18.8. The molecule has 9 nitrogen and oxygen atoms in total. The number of nitrogens with zero attached hydrogens (tertiary/aromatic N) is 5. The predicted molar refractivity (Wildman–Crippen MR) is 173 cm³/mol. The van der Waals surface area contributed by atoms with Gasteiger partial charge in [0.2, 0.25) is 0 Å². The number of ether oxygens (including phenoxy) is 2. The van der Waals surface area contributed by atoms with Crippen LogP contribution in [0.5, 0.6) is 5.75 Å². The maximum Gasteiger partial charge on any atom is 0.417 e. The summed E-state index contributed by atoms with van der Waals surface area (Å²) in [5.41, 5.74) is -2.75. The molecule has 2 aliphatic heterocycles. The Balaban J connectivity index is 1.48. The third kappa shape index (κ3) is 7.79. The van der Waals surface area contributed by atoms with Crippen LogP contribution in [0.3, 0.4) is 0 Å². The van der Waals surface area contributed by atoms with Crippen molar-refractivity contribution in [2.75, 3.05) is 49.3 Å². The lowest BCUT2D eigenvalue weighted by atomic mass is 10.0. The van der Waals surface area contributed by atoms with Gasteiger partial charge in [0.1, 0.15) is 23.5 Å². The Morgan fingerprint density at radius 1 is 1.11 bits per heavy atom. The number of alkyl halides is 4. The van der Waals surface area contributed by atoms with Crippen molar-refractivity contribution in [1.29, 1.82) is 5.26 Å². The van der Waals surface area contributed by atoms with Gasteiger partial charge in [-0.15, -0.1) is 0 Å². The number of halogens is 4. The average Bonchev–Trinajstić information content (AvgIpc) is 3.14. The van der Waals surface area contributed by atoms with Crippen LogP contribution in [0.4, 0.5) is 33.7 Å². The van der Waals surface area contributed by atoms with E-state index in [4.69, 9.17) is 21.7 Å². The quantitative estimate of drug-likeness (QED) is 0.237. The summed E-state index contributed by atoms with van der Waals surface area (Å²) in [7, 11) is 0. The van der Waals surface area contributed by atoms with Gasteiger partial charge in [0, 0.05) is 44.3 Å². The molecule has 47 heavy (non-hydrogen) atoms. The molecular weight excluding hydrogens is 638 g/mol.